The van der Waals surface area contributed by atoms with Gasteiger partial charge in [-0.05, 0) is 31.7 Å². The Bertz CT molecular complexity index is 707. The van der Waals surface area contributed by atoms with Gasteiger partial charge in [-0.2, -0.15) is 13.2 Å². The van der Waals surface area contributed by atoms with E-state index in [1.165, 1.54) is 0 Å². The minimum absolute atomic E-state index is 0.0471. The summed E-state index contributed by atoms with van der Waals surface area (Å²) >= 11 is 0. The smallest absolute Gasteiger partial charge is 0.475 e. The molecule has 9 nitrogen and oxygen atoms in total. The van der Waals surface area contributed by atoms with E-state index in [0.717, 1.165) is 32.2 Å². The number of carbonyl (C=O) groups excluding carboxylic acids is 1. The molecule has 30 heavy (non-hydrogen) atoms. The first-order valence-electron chi connectivity index (χ1n) is 9.41. The molecule has 0 unspecified atom stereocenters. The molecule has 3 heterocycles. The van der Waals surface area contributed by atoms with Gasteiger partial charge in [0.25, 0.3) is 0 Å². The van der Waals surface area contributed by atoms with Gasteiger partial charge in [-0.1, -0.05) is 0 Å². The molecule has 2 atom stereocenters. The topological polar surface area (TPSA) is 114 Å². The molecule has 2 aliphatic heterocycles. The van der Waals surface area contributed by atoms with Gasteiger partial charge in [0.15, 0.2) is 0 Å². The number of aliphatic carboxylic acids is 1. The molecule has 0 aliphatic carbocycles. The highest BCUT2D eigenvalue weighted by Crippen LogP contribution is 2.36. The van der Waals surface area contributed by atoms with E-state index >= 15 is 0 Å². The number of nitrogens with zero attached hydrogens (tertiary/aromatic N) is 3. The fourth-order valence-corrected chi connectivity index (χ4v) is 3.44. The molecule has 1 aromatic heterocycles. The fraction of sp³-hybridized carbons (Fsp3) is 0.667. The number of aromatic nitrogens is 2. The molecule has 1 aromatic rings. The van der Waals surface area contributed by atoms with Crippen LogP contribution in [0.3, 0.4) is 0 Å². The number of hydrogen-bond donors (Lipinski definition) is 2. The Morgan fingerprint density at radius 2 is 2.03 bits per heavy atom. The standard InChI is InChI=1S/C16H24N4O3.C2HF3O2/c1-22-11-14(21)20-9-6-16(12-20)5-2-4-13(23-16)10-19-15-17-7-3-8-18-15;3-2(4,5)1(6)7/h3,7-8,13H,2,4-6,9-12H2,1H3,(H,17,18,19);(H,6,7)/t13-,16-;/m1./s1. The normalized spacial score (nSPS) is 23.6. The van der Waals surface area contributed by atoms with E-state index in [1.807, 2.05) is 4.90 Å². The van der Waals surface area contributed by atoms with E-state index < -0.39 is 12.1 Å². The van der Waals surface area contributed by atoms with Crippen molar-refractivity contribution < 1.29 is 37.3 Å². The van der Waals surface area contributed by atoms with Crippen LogP contribution in [0.25, 0.3) is 0 Å². The van der Waals surface area contributed by atoms with Gasteiger partial charge in [0.2, 0.25) is 11.9 Å². The second-order valence-electron chi connectivity index (χ2n) is 7.07. The van der Waals surface area contributed by atoms with Gasteiger partial charge in [0.05, 0.1) is 11.7 Å². The predicted molar refractivity (Wildman–Crippen MR) is 98.7 cm³/mol. The predicted octanol–water partition coefficient (Wildman–Crippen LogP) is 1.71. The van der Waals surface area contributed by atoms with Gasteiger partial charge in [0.1, 0.15) is 6.61 Å². The summed E-state index contributed by atoms with van der Waals surface area (Å²) in [6.07, 6.45) is 2.54. The van der Waals surface area contributed by atoms with E-state index in [1.54, 1.807) is 25.6 Å². The second-order valence-corrected chi connectivity index (χ2v) is 7.07. The Hall–Kier alpha value is -2.47. The van der Waals surface area contributed by atoms with Crippen LogP contribution in [0.1, 0.15) is 25.7 Å². The van der Waals surface area contributed by atoms with E-state index in [-0.39, 0.29) is 24.2 Å². The molecule has 0 bridgehead atoms. The Labute approximate surface area is 171 Å². The number of halogens is 3. The van der Waals surface area contributed by atoms with Gasteiger partial charge in [-0.3, -0.25) is 4.79 Å². The number of likely N-dealkylation sites (tertiary alicyclic amines) is 1. The highest BCUT2D eigenvalue weighted by molar-refractivity contribution is 5.77. The van der Waals surface area contributed by atoms with Gasteiger partial charge < -0.3 is 24.8 Å². The van der Waals surface area contributed by atoms with Crippen molar-refractivity contribution >= 4 is 17.8 Å². The van der Waals surface area contributed by atoms with Crippen LogP contribution in [-0.4, -0.2) is 83.1 Å². The van der Waals surface area contributed by atoms with Crippen LogP contribution in [0, 0.1) is 0 Å². The maximum atomic E-state index is 12.0. The largest absolute Gasteiger partial charge is 0.490 e. The molecule has 2 fully saturated rings. The van der Waals surface area contributed by atoms with Crippen molar-refractivity contribution in [2.45, 2.75) is 43.6 Å². The molecule has 12 heteroatoms. The summed E-state index contributed by atoms with van der Waals surface area (Å²) in [6, 6.07) is 1.79. The lowest BCUT2D eigenvalue weighted by atomic mass is 9.90. The molecule has 168 valence electrons. The third-order valence-electron chi connectivity index (χ3n) is 4.81. The lowest BCUT2D eigenvalue weighted by molar-refractivity contribution is -0.192. The van der Waals surface area contributed by atoms with E-state index in [4.69, 9.17) is 19.4 Å². The van der Waals surface area contributed by atoms with Gasteiger partial charge in [-0.15, -0.1) is 0 Å². The zero-order valence-corrected chi connectivity index (χ0v) is 16.5. The number of methoxy groups -OCH3 is 1. The summed E-state index contributed by atoms with van der Waals surface area (Å²) in [5, 5.41) is 10.4. The van der Waals surface area contributed by atoms with Crippen LogP contribution in [-0.2, 0) is 19.1 Å². The number of hydrogen-bond acceptors (Lipinski definition) is 7. The zero-order valence-electron chi connectivity index (χ0n) is 16.5. The monoisotopic (exact) mass is 434 g/mol. The number of carboxylic acid groups (broad SMARTS) is 1. The lowest BCUT2D eigenvalue weighted by Gasteiger charge is -2.38. The number of ether oxygens (including phenoxy) is 2. The Morgan fingerprint density at radius 1 is 1.37 bits per heavy atom. The Kier molecular flexibility index (Phi) is 8.35. The highest BCUT2D eigenvalue weighted by Gasteiger charge is 2.44. The number of carbonyl (C=O) groups is 2. The number of amides is 1. The van der Waals surface area contributed by atoms with Crippen molar-refractivity contribution in [1.29, 1.82) is 0 Å². The third kappa shape index (κ3) is 7.10. The van der Waals surface area contributed by atoms with E-state index in [2.05, 4.69) is 15.3 Å². The van der Waals surface area contributed by atoms with Gasteiger partial charge in [-0.25, -0.2) is 14.8 Å². The van der Waals surface area contributed by atoms with E-state index in [9.17, 15) is 18.0 Å². The molecule has 3 rings (SSSR count). The van der Waals surface area contributed by atoms with Crippen LogP contribution in [0.5, 0.6) is 0 Å². The first-order valence-corrected chi connectivity index (χ1v) is 9.41. The number of rotatable bonds is 5. The first kappa shape index (κ1) is 23.8. The molecule has 2 saturated heterocycles. The summed E-state index contributed by atoms with van der Waals surface area (Å²) in [4.78, 5) is 31.1. The van der Waals surface area contributed by atoms with Gasteiger partial charge in [0, 0.05) is 39.1 Å². The molecule has 2 aliphatic rings. The van der Waals surface area contributed by atoms with Gasteiger partial charge >= 0.3 is 12.1 Å². The van der Waals surface area contributed by atoms with Crippen LogP contribution in [0.4, 0.5) is 19.1 Å². The van der Waals surface area contributed by atoms with Crippen LogP contribution in [0.15, 0.2) is 18.5 Å². The highest BCUT2D eigenvalue weighted by atomic mass is 19.4. The molecule has 2 N–H and O–H groups in total. The number of carboxylic acids is 1. The average molecular weight is 434 g/mol. The molecule has 1 amide bonds. The molecule has 0 radical (unpaired) electrons. The molecule has 0 aromatic carbocycles. The van der Waals surface area contributed by atoms with Crippen molar-refractivity contribution in [3.8, 4) is 0 Å². The summed E-state index contributed by atoms with van der Waals surface area (Å²) in [6.45, 7) is 2.27. The maximum Gasteiger partial charge on any atom is 0.490 e. The zero-order chi connectivity index (χ0) is 22.2. The molecular weight excluding hydrogens is 409 g/mol. The summed E-state index contributed by atoms with van der Waals surface area (Å²) in [5.74, 6) is -2.09. The van der Waals surface area contributed by atoms with Crippen LogP contribution >= 0.6 is 0 Å². The molecular formula is C18H25F3N4O5. The Balaban J connectivity index is 0.000000396. The Morgan fingerprint density at radius 3 is 2.63 bits per heavy atom. The average Bonchev–Trinajstić information content (AvgIpc) is 3.10. The van der Waals surface area contributed by atoms with Crippen molar-refractivity contribution in [2.24, 2.45) is 0 Å². The van der Waals surface area contributed by atoms with Crippen molar-refractivity contribution in [3.63, 3.8) is 0 Å². The quantitative estimate of drug-likeness (QED) is 0.720. The fourth-order valence-electron chi connectivity index (χ4n) is 3.44. The lowest BCUT2D eigenvalue weighted by Crippen LogP contribution is -2.46. The third-order valence-corrected chi connectivity index (χ3v) is 4.81. The first-order chi connectivity index (χ1) is 14.1. The second kappa shape index (κ2) is 10.5. The minimum Gasteiger partial charge on any atom is -0.475 e. The minimum atomic E-state index is -5.08. The number of alkyl halides is 3. The summed E-state index contributed by atoms with van der Waals surface area (Å²) < 4.78 is 43.0. The summed E-state index contributed by atoms with van der Waals surface area (Å²) in [7, 11) is 1.55. The van der Waals surface area contributed by atoms with E-state index in [0.29, 0.717) is 19.0 Å². The van der Waals surface area contributed by atoms with Crippen molar-refractivity contribution in [3.05, 3.63) is 18.5 Å². The summed E-state index contributed by atoms with van der Waals surface area (Å²) in [5.41, 5.74) is -0.189. The molecule has 0 saturated carbocycles. The van der Waals surface area contributed by atoms with Crippen molar-refractivity contribution in [2.75, 3.05) is 38.7 Å². The number of nitrogens with one attached hydrogen (secondary N) is 1. The SMILES string of the molecule is COCC(=O)N1CC[C@]2(CCC[C@H](CNc3ncccn3)O2)C1.O=C(O)C(F)(F)F. The number of anilines is 1. The van der Waals surface area contributed by atoms with Crippen molar-refractivity contribution in [1.82, 2.24) is 14.9 Å². The maximum absolute atomic E-state index is 12.0. The van der Waals surface area contributed by atoms with Crippen LogP contribution in [0.2, 0.25) is 0 Å². The molecule has 1 spiro atoms. The van der Waals surface area contributed by atoms with Crippen LogP contribution < -0.4 is 5.32 Å².